The number of thiazole rings is 1. The molecule has 5 amide bonds. The Kier molecular flexibility index (Phi) is 16.2. The number of ether oxygens (including phenoxy) is 2. The summed E-state index contributed by atoms with van der Waals surface area (Å²) in [6, 6.07) is 3.37. The van der Waals surface area contributed by atoms with Crippen LogP contribution in [-0.2, 0) is 48.0 Å². The van der Waals surface area contributed by atoms with E-state index in [4.69, 9.17) is 19.5 Å². The standard InChI is InChI=1S/C50H69N9O8S/c1-13-34(42(51-15-3)31(7)66-12)44-36-26-49(8,9)29-67-47(63)50(65)21-17-22-59(54-50)46(62)37(25-40-52-38(28-68-40)32-18-19-39(35(36)24-32)57(44)16-4)53-45(61)43(30(5)6)56(11)48(64)58-23-20-33(58)27-55(10)41(60)14-2/h13-15,18-19,24,28,30-31,33,37,43,54,65H,1-2,16-17,20-23,25-27,29H2,3-12H3,(H,53,61)/b42-34+,51-15?/t31-,33-,37-,43-,50-/m0/s1. The van der Waals surface area contributed by atoms with E-state index in [9.17, 15) is 29.1 Å². The third-order valence-corrected chi connectivity index (χ3v) is 14.1. The smallest absolute Gasteiger partial charge is 0.355 e. The quantitative estimate of drug-likeness (QED) is 0.0845. The van der Waals surface area contributed by atoms with Crippen molar-refractivity contribution in [2.45, 2.75) is 117 Å². The molecule has 3 aromatic rings. The number of aryl methyl sites for hydroxylation is 1. The van der Waals surface area contributed by atoms with Crippen LogP contribution in [0.3, 0.4) is 0 Å². The number of fused-ring (bicyclic) bond motifs is 6. The van der Waals surface area contributed by atoms with Crippen molar-refractivity contribution in [3.63, 3.8) is 0 Å². The van der Waals surface area contributed by atoms with E-state index in [0.717, 1.165) is 33.3 Å². The number of methoxy groups -OCH3 is 1. The molecule has 3 aliphatic rings. The number of carbonyl (C=O) groups is 5. The molecule has 17 nitrogen and oxygen atoms in total. The van der Waals surface area contributed by atoms with Gasteiger partial charge in [0, 0.05) is 99.3 Å². The second-order valence-electron chi connectivity index (χ2n) is 19.1. The van der Waals surface area contributed by atoms with Gasteiger partial charge in [-0.05, 0) is 69.7 Å². The molecule has 6 bridgehead atoms. The lowest BCUT2D eigenvalue weighted by atomic mass is 9.84. The largest absolute Gasteiger partial charge is 0.462 e. The highest BCUT2D eigenvalue weighted by molar-refractivity contribution is 7.10. The second-order valence-corrected chi connectivity index (χ2v) is 20.0. The number of aliphatic imine (C=N–C) groups is 1. The van der Waals surface area contributed by atoms with Crippen molar-refractivity contribution >= 4 is 63.7 Å². The summed E-state index contributed by atoms with van der Waals surface area (Å²) in [7, 11) is 4.85. The number of amides is 5. The maximum atomic E-state index is 14.7. The molecule has 6 rings (SSSR count). The molecule has 3 N–H and O–H groups in total. The van der Waals surface area contributed by atoms with Gasteiger partial charge in [-0.1, -0.05) is 53.0 Å². The summed E-state index contributed by atoms with van der Waals surface area (Å²) in [4.78, 5) is 83.7. The molecule has 2 aromatic heterocycles. The number of cyclic esters (lactones) is 1. The van der Waals surface area contributed by atoms with Gasteiger partial charge < -0.3 is 39.2 Å². The van der Waals surface area contributed by atoms with E-state index < -0.39 is 41.0 Å². The fourth-order valence-corrected chi connectivity index (χ4v) is 10.3. The van der Waals surface area contributed by atoms with Crippen LogP contribution in [0.15, 0.2) is 59.6 Å². The fourth-order valence-electron chi connectivity index (χ4n) is 9.47. The van der Waals surface area contributed by atoms with Crippen LogP contribution in [0.25, 0.3) is 27.7 Å². The third kappa shape index (κ3) is 10.6. The number of aliphatic hydroxyl groups is 1. The molecular weight excluding hydrogens is 887 g/mol. The Morgan fingerprint density at radius 2 is 1.90 bits per heavy atom. The SMILES string of the molecule is C=CC(=O)N(C)C[C@@H]1CCN1C(=O)N(C)[C@H](C(=O)N[C@H]1Cc2nc(cs2)-c2ccc3c(c2)c(c(/C(C=C)=C(/N=CC)[C@H](C)OC)n3CC)CC(C)(C)COC(=O)[C@@]2(O)CCCN(N2)C1=O)C(C)C. The number of hydrogen-bond acceptors (Lipinski definition) is 12. The second kappa shape index (κ2) is 21.3. The summed E-state index contributed by atoms with van der Waals surface area (Å²) in [5, 5.41) is 19.4. The normalized spacial score (nSPS) is 22.2. The molecular formula is C50H69N9O8S. The number of hydrazine groups is 1. The summed E-state index contributed by atoms with van der Waals surface area (Å²) in [6.45, 7) is 22.8. The number of likely N-dealkylation sites (tertiary alicyclic amines) is 1. The van der Waals surface area contributed by atoms with Crippen molar-refractivity contribution in [1.29, 1.82) is 0 Å². The van der Waals surface area contributed by atoms with Gasteiger partial charge >= 0.3 is 12.0 Å². The Morgan fingerprint density at radius 3 is 2.51 bits per heavy atom. The molecule has 68 heavy (non-hydrogen) atoms. The Hall–Kier alpha value is -5.69. The maximum absolute atomic E-state index is 14.7. The predicted molar refractivity (Wildman–Crippen MR) is 264 cm³/mol. The molecule has 0 radical (unpaired) electrons. The van der Waals surface area contributed by atoms with Crippen molar-refractivity contribution in [1.82, 2.24) is 40.0 Å². The first-order chi connectivity index (χ1) is 32.2. The molecule has 5 heterocycles. The van der Waals surface area contributed by atoms with Crippen LogP contribution in [0.4, 0.5) is 4.79 Å². The van der Waals surface area contributed by atoms with Crippen molar-refractivity contribution in [3.05, 3.63) is 70.9 Å². The van der Waals surface area contributed by atoms with Gasteiger partial charge in [0.25, 0.3) is 5.91 Å². The van der Waals surface area contributed by atoms with Crippen LogP contribution in [0.2, 0.25) is 0 Å². The lowest BCUT2D eigenvalue weighted by molar-refractivity contribution is -0.189. The number of likely N-dealkylation sites (N-methyl/N-ethyl adjacent to an activating group) is 2. The minimum Gasteiger partial charge on any atom is -0.462 e. The predicted octanol–water partition coefficient (Wildman–Crippen LogP) is 5.57. The number of hydrogen-bond donors (Lipinski definition) is 3. The zero-order valence-electron chi connectivity index (χ0n) is 41.3. The molecule has 0 unspecified atom stereocenters. The molecule has 0 spiro atoms. The van der Waals surface area contributed by atoms with Gasteiger partial charge in [0.15, 0.2) is 0 Å². The molecule has 18 heteroatoms. The molecule has 3 aliphatic heterocycles. The molecule has 0 aliphatic carbocycles. The summed E-state index contributed by atoms with van der Waals surface area (Å²) in [5.74, 6) is -2.72. The summed E-state index contributed by atoms with van der Waals surface area (Å²) < 4.78 is 14.0. The Labute approximate surface area is 403 Å². The fraction of sp³-hybridized carbons (Fsp3) is 0.540. The number of nitrogens with zero attached hydrogens (tertiary/aromatic N) is 7. The van der Waals surface area contributed by atoms with E-state index in [1.54, 1.807) is 32.3 Å². The van der Waals surface area contributed by atoms with E-state index in [1.165, 1.54) is 32.2 Å². The molecule has 2 fully saturated rings. The number of esters is 1. The van der Waals surface area contributed by atoms with Crippen LogP contribution < -0.4 is 10.7 Å². The number of rotatable bonds is 13. The van der Waals surface area contributed by atoms with Gasteiger partial charge in [0.1, 0.15) is 12.1 Å². The number of aromatic nitrogens is 2. The number of urea groups is 1. The summed E-state index contributed by atoms with van der Waals surface area (Å²) >= 11 is 1.35. The number of allylic oxidation sites excluding steroid dienone is 2. The highest BCUT2D eigenvalue weighted by Crippen LogP contribution is 2.40. The highest BCUT2D eigenvalue weighted by atomic mass is 32.1. The lowest BCUT2D eigenvalue weighted by Crippen LogP contribution is -2.67. The lowest BCUT2D eigenvalue weighted by Gasteiger charge is -2.45. The van der Waals surface area contributed by atoms with E-state index in [0.29, 0.717) is 48.9 Å². The maximum Gasteiger partial charge on any atom is 0.355 e. The topological polar surface area (TPSA) is 191 Å². The van der Waals surface area contributed by atoms with Gasteiger partial charge in [0.2, 0.25) is 17.5 Å². The van der Waals surface area contributed by atoms with Crippen molar-refractivity contribution < 1.29 is 38.6 Å². The number of nitrogens with one attached hydrogen (secondary N) is 2. The van der Waals surface area contributed by atoms with Gasteiger partial charge in [-0.15, -0.1) is 11.3 Å². The minimum atomic E-state index is -2.25. The number of carbonyl (C=O) groups excluding carboxylic acids is 5. The highest BCUT2D eigenvalue weighted by Gasteiger charge is 2.46. The summed E-state index contributed by atoms with van der Waals surface area (Å²) in [6.07, 6.45) is 5.76. The van der Waals surface area contributed by atoms with Crippen LogP contribution in [0.1, 0.15) is 84.0 Å². The van der Waals surface area contributed by atoms with Crippen LogP contribution in [0.5, 0.6) is 0 Å². The van der Waals surface area contributed by atoms with Crippen molar-refractivity contribution in [2.75, 3.05) is 47.4 Å². The third-order valence-electron chi connectivity index (χ3n) is 13.2. The van der Waals surface area contributed by atoms with E-state index in [2.05, 4.69) is 47.5 Å². The first-order valence-corrected chi connectivity index (χ1v) is 24.3. The van der Waals surface area contributed by atoms with E-state index in [-0.39, 0.29) is 62.4 Å². The first kappa shape index (κ1) is 51.7. The van der Waals surface area contributed by atoms with Gasteiger partial charge in [-0.2, -0.15) is 5.43 Å². The molecule has 1 aromatic carbocycles. The van der Waals surface area contributed by atoms with Gasteiger partial charge in [0.05, 0.1) is 40.8 Å². The average Bonchev–Trinajstić information content (AvgIpc) is 3.89. The van der Waals surface area contributed by atoms with Crippen molar-refractivity contribution in [2.24, 2.45) is 16.3 Å². The minimum absolute atomic E-state index is 0.0247. The zero-order chi connectivity index (χ0) is 49.8. The monoisotopic (exact) mass is 955 g/mol. The van der Waals surface area contributed by atoms with Gasteiger partial charge in [-0.3, -0.25) is 24.4 Å². The van der Waals surface area contributed by atoms with Crippen LogP contribution in [0, 0.1) is 11.3 Å². The molecule has 5 atom stereocenters. The first-order valence-electron chi connectivity index (χ1n) is 23.4. The Bertz CT molecular complexity index is 2490. The zero-order valence-corrected chi connectivity index (χ0v) is 42.1. The molecule has 2 saturated heterocycles. The molecule has 0 saturated carbocycles. The van der Waals surface area contributed by atoms with Gasteiger partial charge in [-0.25, -0.2) is 14.6 Å². The summed E-state index contributed by atoms with van der Waals surface area (Å²) in [5.41, 5.74) is 5.76. The van der Waals surface area contributed by atoms with Crippen molar-refractivity contribution in [3.8, 4) is 11.3 Å². The average molecular weight is 956 g/mol. The number of benzene rings is 1. The molecule has 368 valence electrons. The van der Waals surface area contributed by atoms with E-state index in [1.807, 2.05) is 59.1 Å². The Balaban J connectivity index is 1.42. The Morgan fingerprint density at radius 1 is 1.16 bits per heavy atom. The van der Waals surface area contributed by atoms with Crippen LogP contribution in [-0.4, -0.2) is 148 Å². The van der Waals surface area contributed by atoms with E-state index >= 15 is 0 Å². The van der Waals surface area contributed by atoms with Crippen LogP contribution >= 0.6 is 11.3 Å².